The molecule has 12 heavy (non-hydrogen) atoms. The first-order valence-electron chi connectivity index (χ1n) is 2.57. The van der Waals surface area contributed by atoms with Crippen LogP contribution in [0.4, 0.5) is 5.95 Å². The van der Waals surface area contributed by atoms with Crippen LogP contribution in [0.3, 0.4) is 0 Å². The van der Waals surface area contributed by atoms with Crippen LogP contribution in [0.2, 0.25) is 0 Å². The third-order valence-electron chi connectivity index (χ3n) is 0.744. The van der Waals surface area contributed by atoms with E-state index in [0.29, 0.717) is 0 Å². The summed E-state index contributed by atoms with van der Waals surface area (Å²) in [5, 5.41) is 25.5. The van der Waals surface area contributed by atoms with Crippen molar-refractivity contribution in [2.24, 2.45) is 5.10 Å². The fourth-order valence-electron chi connectivity index (χ4n) is 0.346. The lowest BCUT2D eigenvalue weighted by Crippen LogP contribution is -2.06. The van der Waals surface area contributed by atoms with Gasteiger partial charge in [0.1, 0.15) is 0 Å². The molecule has 0 unspecified atom stereocenters. The maximum absolute atomic E-state index is 9.98. The van der Waals surface area contributed by atoms with E-state index in [-0.39, 0.29) is 5.95 Å². The molecule has 0 radical (unpaired) electrons. The second-order valence-corrected chi connectivity index (χ2v) is 2.19. The van der Waals surface area contributed by atoms with Crippen LogP contribution < -0.4 is 5.43 Å². The molecule has 9 nitrogen and oxygen atoms in total. The van der Waals surface area contributed by atoms with Gasteiger partial charge in [0.2, 0.25) is 0 Å². The third-order valence-corrected chi connectivity index (χ3v) is 1.21. The van der Waals surface area contributed by atoms with Gasteiger partial charge in [0, 0.05) is 0 Å². The minimum atomic E-state index is -0.715. The predicted molar refractivity (Wildman–Crippen MR) is 41.2 cm³/mol. The number of amidine groups is 1. The van der Waals surface area contributed by atoms with E-state index in [1.165, 1.54) is 0 Å². The number of nitro groups is 1. The van der Waals surface area contributed by atoms with Gasteiger partial charge in [-0.05, 0) is 10.1 Å². The molecule has 1 heterocycles. The van der Waals surface area contributed by atoms with Crippen molar-refractivity contribution in [2.75, 3.05) is 5.43 Å². The zero-order valence-electron chi connectivity index (χ0n) is 5.43. The van der Waals surface area contributed by atoms with Crippen molar-refractivity contribution < 1.29 is 4.92 Å². The minimum Gasteiger partial charge on any atom is -0.357 e. The molecule has 64 valence electrons. The zero-order chi connectivity index (χ0) is 8.97. The molecule has 1 aromatic rings. The Bertz CT molecular complexity index is 292. The van der Waals surface area contributed by atoms with Gasteiger partial charge in [0.05, 0.1) is 21.0 Å². The van der Waals surface area contributed by atoms with Gasteiger partial charge in [-0.1, -0.05) is 5.10 Å². The Hall–Kier alpha value is -1.58. The topological polar surface area (TPSA) is 122 Å². The van der Waals surface area contributed by atoms with Crippen molar-refractivity contribution in [3.8, 4) is 0 Å². The quantitative estimate of drug-likeness (QED) is 0.236. The van der Waals surface area contributed by atoms with Crippen LogP contribution in [0.15, 0.2) is 5.10 Å². The average Bonchev–Trinajstić information content (AvgIpc) is 2.51. The molecule has 0 aromatic carbocycles. The van der Waals surface area contributed by atoms with Gasteiger partial charge >= 0.3 is 10.7 Å². The summed E-state index contributed by atoms with van der Waals surface area (Å²) in [5.74, 6) is 0.0498. The molecule has 0 aliphatic rings. The lowest BCUT2D eigenvalue weighted by Gasteiger charge is -1.86. The molecule has 0 aliphatic carbocycles. The third kappa shape index (κ3) is 2.23. The molecule has 1 rings (SSSR count). The highest BCUT2D eigenvalue weighted by Crippen LogP contribution is 1.94. The van der Waals surface area contributed by atoms with Crippen molar-refractivity contribution >= 4 is 26.6 Å². The second-order valence-electron chi connectivity index (χ2n) is 1.49. The van der Waals surface area contributed by atoms with Gasteiger partial charge in [-0.15, -0.1) is 10.5 Å². The Morgan fingerprint density at radius 2 is 2.58 bits per heavy atom. The molecular weight excluding hydrogens is 234 g/mol. The van der Waals surface area contributed by atoms with E-state index in [1.807, 2.05) is 0 Å². The summed E-state index contributed by atoms with van der Waals surface area (Å²) in [6.07, 6.45) is 0. The zero-order valence-corrected chi connectivity index (χ0v) is 7.02. The number of rotatable bonds is 2. The Morgan fingerprint density at radius 3 is 3.08 bits per heavy atom. The normalized spacial score (nSPS) is 11.2. The molecule has 0 fully saturated rings. The lowest BCUT2D eigenvalue weighted by molar-refractivity contribution is -0.342. The second kappa shape index (κ2) is 3.71. The Balaban J connectivity index is 2.55. The summed E-state index contributed by atoms with van der Waals surface area (Å²) in [5.41, 5.74) is 2.19. The number of hydrogen-bond acceptors (Lipinski definition) is 7. The van der Waals surface area contributed by atoms with Crippen LogP contribution in [0.1, 0.15) is 0 Å². The molecule has 2 N–H and O–H groups in total. The van der Waals surface area contributed by atoms with E-state index < -0.39 is 9.67 Å². The van der Waals surface area contributed by atoms with Gasteiger partial charge in [0.15, 0.2) is 0 Å². The number of anilines is 1. The van der Waals surface area contributed by atoms with E-state index in [2.05, 4.69) is 47.1 Å². The molecule has 1 aromatic heterocycles. The minimum absolute atomic E-state index is 0.0498. The van der Waals surface area contributed by atoms with Crippen molar-refractivity contribution in [2.45, 2.75) is 0 Å². The molecular formula is C2H2BrN7O2. The summed E-state index contributed by atoms with van der Waals surface area (Å²) < 4.78 is -0.465. The standard InChI is InChI=1S/C2H2BrN7O2/c3-1(10(11)12)4-5-2-6-8-9-7-2/h(H2,5,6,7,8,9)/b4-1-. The number of hydrazone groups is 1. The maximum atomic E-state index is 9.98. The van der Waals surface area contributed by atoms with Crippen LogP contribution in [0.5, 0.6) is 0 Å². The van der Waals surface area contributed by atoms with Crippen LogP contribution >= 0.6 is 15.9 Å². The largest absolute Gasteiger partial charge is 0.430 e. The first-order chi connectivity index (χ1) is 5.70. The fraction of sp³-hybridized carbons (Fsp3) is 0. The number of H-pyrrole nitrogens is 1. The van der Waals surface area contributed by atoms with Crippen molar-refractivity contribution in [1.29, 1.82) is 0 Å². The predicted octanol–water partition coefficient (Wildman–Crippen LogP) is -0.446. The SMILES string of the molecule is O=[N+]([O-])/C(Br)=N\Nc1nn[nH]n1. The van der Waals surface area contributed by atoms with E-state index in [1.54, 1.807) is 0 Å². The van der Waals surface area contributed by atoms with Crippen molar-refractivity contribution in [3.05, 3.63) is 10.1 Å². The fourth-order valence-corrected chi connectivity index (χ4v) is 0.435. The number of aromatic amines is 1. The first kappa shape index (κ1) is 8.52. The highest BCUT2D eigenvalue weighted by atomic mass is 79.9. The molecule has 0 spiro atoms. The Labute approximate surface area is 73.5 Å². The first-order valence-corrected chi connectivity index (χ1v) is 3.36. The number of halogens is 1. The Kier molecular flexibility index (Phi) is 2.63. The number of hydrogen-bond donors (Lipinski definition) is 2. The van der Waals surface area contributed by atoms with Gasteiger partial charge in [-0.25, -0.2) is 0 Å². The number of nitrogens with one attached hydrogen (secondary N) is 2. The lowest BCUT2D eigenvalue weighted by atomic mass is 11.1. The molecule has 0 aliphatic heterocycles. The summed E-state index contributed by atoms with van der Waals surface area (Å²) in [4.78, 5) is 9.27. The summed E-state index contributed by atoms with van der Waals surface area (Å²) in [6, 6.07) is 0. The summed E-state index contributed by atoms with van der Waals surface area (Å²) >= 11 is 2.59. The summed E-state index contributed by atoms with van der Waals surface area (Å²) in [6.45, 7) is 0. The van der Waals surface area contributed by atoms with Crippen LogP contribution in [-0.4, -0.2) is 30.3 Å². The highest BCUT2D eigenvalue weighted by Gasteiger charge is 2.07. The van der Waals surface area contributed by atoms with E-state index in [4.69, 9.17) is 0 Å². The maximum Gasteiger partial charge on any atom is 0.430 e. The summed E-state index contributed by atoms with van der Waals surface area (Å²) in [7, 11) is 0. The van der Waals surface area contributed by atoms with Crippen LogP contribution in [-0.2, 0) is 0 Å². The van der Waals surface area contributed by atoms with Crippen molar-refractivity contribution in [1.82, 2.24) is 20.6 Å². The van der Waals surface area contributed by atoms with Gasteiger partial charge in [0.25, 0.3) is 0 Å². The van der Waals surface area contributed by atoms with Gasteiger partial charge < -0.3 is 10.1 Å². The van der Waals surface area contributed by atoms with Crippen LogP contribution in [0, 0.1) is 10.1 Å². The number of aromatic nitrogens is 4. The molecule has 0 amide bonds. The molecule has 0 bridgehead atoms. The Morgan fingerprint density at radius 1 is 1.83 bits per heavy atom. The van der Waals surface area contributed by atoms with Crippen LogP contribution in [0.25, 0.3) is 0 Å². The molecule has 0 saturated heterocycles. The van der Waals surface area contributed by atoms with Gasteiger partial charge in [-0.3, -0.25) is 0 Å². The van der Waals surface area contributed by atoms with E-state index in [9.17, 15) is 10.1 Å². The van der Waals surface area contributed by atoms with E-state index in [0.717, 1.165) is 0 Å². The number of nitrogens with zero attached hydrogens (tertiary/aromatic N) is 5. The molecule has 10 heteroatoms. The van der Waals surface area contributed by atoms with Crippen molar-refractivity contribution in [3.63, 3.8) is 0 Å². The molecule has 0 atom stereocenters. The molecule has 0 saturated carbocycles. The average molecular weight is 236 g/mol. The highest BCUT2D eigenvalue weighted by molar-refractivity contribution is 9.18. The monoisotopic (exact) mass is 235 g/mol. The van der Waals surface area contributed by atoms with E-state index >= 15 is 0 Å². The van der Waals surface area contributed by atoms with Gasteiger partial charge in [-0.2, -0.15) is 5.21 Å². The smallest absolute Gasteiger partial charge is 0.357 e. The number of tetrazole rings is 1.